The molecule has 2 rings (SSSR count). The molecule has 0 unspecified atom stereocenters. The van der Waals surface area contributed by atoms with E-state index in [9.17, 15) is 20.0 Å². The van der Waals surface area contributed by atoms with Crippen LogP contribution in [0.2, 0.25) is 0 Å². The van der Waals surface area contributed by atoms with Gasteiger partial charge in [-0.3, -0.25) is 14.9 Å². The molecule has 0 spiro atoms. The Kier molecular flexibility index (Phi) is 4.80. The second-order valence-corrected chi connectivity index (χ2v) is 4.89. The van der Waals surface area contributed by atoms with E-state index in [1.54, 1.807) is 19.1 Å². The van der Waals surface area contributed by atoms with E-state index in [0.717, 1.165) is 5.56 Å². The largest absolute Gasteiger partial charge is 0.393 e. The minimum Gasteiger partial charge on any atom is -0.393 e. The second-order valence-electron chi connectivity index (χ2n) is 4.89. The molecule has 0 fully saturated rings. The van der Waals surface area contributed by atoms with Gasteiger partial charge < -0.3 is 10.4 Å². The van der Waals surface area contributed by atoms with Crippen molar-refractivity contribution in [3.63, 3.8) is 0 Å². The van der Waals surface area contributed by atoms with Gasteiger partial charge in [-0.05, 0) is 31.0 Å². The molecule has 1 heterocycles. The Morgan fingerprint density at radius 2 is 2.09 bits per heavy atom. The van der Waals surface area contributed by atoms with Gasteiger partial charge in [0.15, 0.2) is 6.29 Å². The van der Waals surface area contributed by atoms with E-state index in [-0.39, 0.29) is 17.1 Å². The fourth-order valence-corrected chi connectivity index (χ4v) is 1.97. The molecule has 0 amide bonds. The Hall–Kier alpha value is -2.80. The third-order valence-electron chi connectivity index (χ3n) is 2.97. The van der Waals surface area contributed by atoms with Gasteiger partial charge in [-0.15, -0.1) is 0 Å². The zero-order valence-corrected chi connectivity index (χ0v) is 11.9. The average Bonchev–Trinajstić information content (AvgIpc) is 2.49. The molecule has 0 saturated heterocycles. The number of hydrogen-bond acceptors (Lipinski definition) is 6. The van der Waals surface area contributed by atoms with Crippen molar-refractivity contribution in [1.29, 1.82) is 0 Å². The van der Waals surface area contributed by atoms with Crippen molar-refractivity contribution < 1.29 is 14.8 Å². The molecule has 1 aromatic heterocycles. The number of hydrogen-bond donors (Lipinski definition) is 2. The van der Waals surface area contributed by atoms with E-state index in [0.29, 0.717) is 18.4 Å². The third-order valence-corrected chi connectivity index (χ3v) is 2.97. The monoisotopic (exact) mass is 301 g/mol. The standard InChI is InChI=1S/C15H15N3O4/c1-10(20)6-11-2-4-13(5-3-11)17-15-14(18(21)22)7-12(9-19)8-16-15/h2-5,7-10,20H,6H2,1H3,(H,16,17)/t10-/m0/s1. The Labute approximate surface area is 126 Å². The lowest BCUT2D eigenvalue weighted by Crippen LogP contribution is -2.04. The lowest BCUT2D eigenvalue weighted by atomic mass is 10.1. The summed E-state index contributed by atoms with van der Waals surface area (Å²) < 4.78 is 0. The van der Waals surface area contributed by atoms with Crippen LogP contribution in [0, 0.1) is 10.1 Å². The maximum absolute atomic E-state index is 11.0. The number of carbonyl (C=O) groups excluding carboxylic acids is 1. The first kappa shape index (κ1) is 15.6. The maximum Gasteiger partial charge on any atom is 0.312 e. The molecule has 0 radical (unpaired) electrons. The van der Waals surface area contributed by atoms with Gasteiger partial charge in [0.1, 0.15) is 0 Å². The summed E-state index contributed by atoms with van der Waals surface area (Å²) in [6, 6.07) is 8.30. The lowest BCUT2D eigenvalue weighted by molar-refractivity contribution is -0.384. The zero-order valence-electron chi connectivity index (χ0n) is 11.9. The molecule has 1 atom stereocenters. The molecule has 1 aromatic carbocycles. The summed E-state index contributed by atoms with van der Waals surface area (Å²) in [5, 5.41) is 23.2. The summed E-state index contributed by atoms with van der Waals surface area (Å²) in [7, 11) is 0. The fraction of sp³-hybridized carbons (Fsp3) is 0.200. The Morgan fingerprint density at radius 1 is 1.41 bits per heavy atom. The van der Waals surface area contributed by atoms with Crippen LogP contribution in [0.25, 0.3) is 0 Å². The summed E-state index contributed by atoms with van der Waals surface area (Å²) in [5.41, 5.74) is 1.46. The lowest BCUT2D eigenvalue weighted by Gasteiger charge is -2.08. The van der Waals surface area contributed by atoms with Gasteiger partial charge in [0.25, 0.3) is 0 Å². The highest BCUT2D eigenvalue weighted by Crippen LogP contribution is 2.26. The molecular weight excluding hydrogens is 286 g/mol. The highest BCUT2D eigenvalue weighted by atomic mass is 16.6. The first-order chi connectivity index (χ1) is 10.5. The van der Waals surface area contributed by atoms with Crippen LogP contribution >= 0.6 is 0 Å². The number of aliphatic hydroxyl groups is 1. The van der Waals surface area contributed by atoms with E-state index in [4.69, 9.17) is 0 Å². The van der Waals surface area contributed by atoms with E-state index in [2.05, 4.69) is 10.3 Å². The molecule has 0 bridgehead atoms. The van der Waals surface area contributed by atoms with Crippen LogP contribution in [0.15, 0.2) is 36.5 Å². The minimum absolute atomic E-state index is 0.0684. The molecule has 0 aliphatic heterocycles. The summed E-state index contributed by atoms with van der Waals surface area (Å²) >= 11 is 0. The first-order valence-electron chi connectivity index (χ1n) is 6.63. The van der Waals surface area contributed by atoms with Gasteiger partial charge in [0.2, 0.25) is 5.82 Å². The SMILES string of the molecule is C[C@H](O)Cc1ccc(Nc2ncc(C=O)cc2[N+](=O)[O-])cc1. The number of aromatic nitrogens is 1. The number of nitrogens with zero attached hydrogens (tertiary/aromatic N) is 2. The van der Waals surface area contributed by atoms with Crippen molar-refractivity contribution in [2.45, 2.75) is 19.4 Å². The fourth-order valence-electron chi connectivity index (χ4n) is 1.97. The van der Waals surface area contributed by atoms with Crippen molar-refractivity contribution in [3.05, 3.63) is 57.8 Å². The number of carbonyl (C=O) groups is 1. The van der Waals surface area contributed by atoms with Crippen LogP contribution in [-0.4, -0.2) is 27.4 Å². The van der Waals surface area contributed by atoms with Crippen molar-refractivity contribution >= 4 is 23.5 Å². The second kappa shape index (κ2) is 6.77. The van der Waals surface area contributed by atoms with E-state index in [1.165, 1.54) is 12.3 Å². The number of aldehydes is 1. The summed E-state index contributed by atoms with van der Waals surface area (Å²) in [6.45, 7) is 1.70. The Bertz CT molecular complexity index is 684. The normalized spacial score (nSPS) is 11.7. The average molecular weight is 301 g/mol. The molecule has 2 aromatic rings. The number of pyridine rings is 1. The molecule has 0 saturated carbocycles. The Balaban J connectivity index is 2.23. The van der Waals surface area contributed by atoms with E-state index >= 15 is 0 Å². The highest BCUT2D eigenvalue weighted by molar-refractivity contribution is 5.78. The first-order valence-corrected chi connectivity index (χ1v) is 6.63. The van der Waals surface area contributed by atoms with Crippen LogP contribution in [0.5, 0.6) is 0 Å². The zero-order chi connectivity index (χ0) is 16.1. The van der Waals surface area contributed by atoms with Gasteiger partial charge in [-0.2, -0.15) is 0 Å². The van der Waals surface area contributed by atoms with E-state index < -0.39 is 11.0 Å². The molecule has 7 heteroatoms. The quantitative estimate of drug-likeness (QED) is 0.482. The smallest absolute Gasteiger partial charge is 0.312 e. The van der Waals surface area contributed by atoms with Crippen LogP contribution in [0.4, 0.5) is 17.2 Å². The van der Waals surface area contributed by atoms with Crippen molar-refractivity contribution in [3.8, 4) is 0 Å². The van der Waals surface area contributed by atoms with Crippen LogP contribution in [-0.2, 0) is 6.42 Å². The summed E-state index contributed by atoms with van der Waals surface area (Å²) in [5.74, 6) is 0.0684. The Morgan fingerprint density at radius 3 is 2.64 bits per heavy atom. The number of anilines is 2. The molecule has 114 valence electrons. The predicted molar refractivity (Wildman–Crippen MR) is 81.4 cm³/mol. The van der Waals surface area contributed by atoms with Crippen LogP contribution < -0.4 is 5.32 Å². The molecule has 0 aliphatic carbocycles. The molecule has 0 aliphatic rings. The predicted octanol–water partition coefficient (Wildman–Crippen LogP) is 2.47. The third kappa shape index (κ3) is 3.86. The topological polar surface area (TPSA) is 105 Å². The van der Waals surface area contributed by atoms with Crippen molar-refractivity contribution in [2.24, 2.45) is 0 Å². The van der Waals surface area contributed by atoms with Gasteiger partial charge >= 0.3 is 5.69 Å². The number of rotatable bonds is 6. The van der Waals surface area contributed by atoms with Gasteiger partial charge in [-0.1, -0.05) is 12.1 Å². The molecule has 7 nitrogen and oxygen atoms in total. The maximum atomic E-state index is 11.0. The van der Waals surface area contributed by atoms with Crippen LogP contribution in [0.1, 0.15) is 22.8 Å². The minimum atomic E-state index is -0.593. The summed E-state index contributed by atoms with van der Waals surface area (Å²) in [4.78, 5) is 25.0. The molecular formula is C15H15N3O4. The number of nitrogens with one attached hydrogen (secondary N) is 1. The highest BCUT2D eigenvalue weighted by Gasteiger charge is 2.16. The number of nitro groups is 1. The van der Waals surface area contributed by atoms with Gasteiger partial charge in [0.05, 0.1) is 11.0 Å². The molecule has 22 heavy (non-hydrogen) atoms. The van der Waals surface area contributed by atoms with Gasteiger partial charge in [-0.25, -0.2) is 4.98 Å². The number of benzene rings is 1. The van der Waals surface area contributed by atoms with Crippen LogP contribution in [0.3, 0.4) is 0 Å². The number of aliphatic hydroxyl groups excluding tert-OH is 1. The van der Waals surface area contributed by atoms with Crippen molar-refractivity contribution in [1.82, 2.24) is 4.98 Å². The van der Waals surface area contributed by atoms with Crippen molar-refractivity contribution in [2.75, 3.05) is 5.32 Å². The van der Waals surface area contributed by atoms with E-state index in [1.807, 2.05) is 12.1 Å². The summed E-state index contributed by atoms with van der Waals surface area (Å²) in [6.07, 6.45) is 1.88. The van der Waals surface area contributed by atoms with Gasteiger partial charge in [0, 0.05) is 23.5 Å². The molecule has 2 N–H and O–H groups in total.